The molecule has 0 aliphatic carbocycles. The number of rotatable bonds is 4. The summed E-state index contributed by atoms with van der Waals surface area (Å²) < 4.78 is 2.19. The van der Waals surface area contributed by atoms with E-state index in [1.807, 2.05) is 36.5 Å². The van der Waals surface area contributed by atoms with Gasteiger partial charge in [-0.3, -0.25) is 4.98 Å². The fraction of sp³-hybridized carbons (Fsp3) is 0.214. The maximum Gasteiger partial charge on any atom is 0.174 e. The predicted molar refractivity (Wildman–Crippen MR) is 149 cm³/mol. The highest BCUT2D eigenvalue weighted by atomic mass is 35.5. The molecule has 2 atom stereocenters. The lowest BCUT2D eigenvalue weighted by atomic mass is 9.96. The summed E-state index contributed by atoms with van der Waals surface area (Å²) in [5.41, 5.74) is 8.65. The Labute approximate surface area is 221 Å². The standard InChI is InChI=1S/C28H26Cl2N4S/c1-16-11-17(2)13-21(12-16)34-27(26(32-28(34)35)24-7-5-6-10-31-24)22-14-18(3)33(19(22)4)25-9-8-20(29)15-23(25)30/h5-15,26-27H,1-4H3,(H,32,35)/t26-,27+/m0/s1. The van der Waals surface area contributed by atoms with E-state index >= 15 is 0 Å². The van der Waals surface area contributed by atoms with Crippen LogP contribution in [-0.2, 0) is 0 Å². The van der Waals surface area contributed by atoms with Crippen molar-refractivity contribution >= 4 is 46.2 Å². The van der Waals surface area contributed by atoms with E-state index in [1.165, 1.54) is 11.1 Å². The van der Waals surface area contributed by atoms with Gasteiger partial charge < -0.3 is 14.8 Å². The smallest absolute Gasteiger partial charge is 0.174 e. The van der Waals surface area contributed by atoms with Gasteiger partial charge in [0, 0.05) is 28.3 Å². The van der Waals surface area contributed by atoms with Crippen molar-refractivity contribution in [3.8, 4) is 5.69 Å². The van der Waals surface area contributed by atoms with Gasteiger partial charge in [-0.15, -0.1) is 0 Å². The van der Waals surface area contributed by atoms with Crippen molar-refractivity contribution in [3.63, 3.8) is 0 Å². The summed E-state index contributed by atoms with van der Waals surface area (Å²) in [6, 6.07) is 20.2. The van der Waals surface area contributed by atoms with E-state index in [2.05, 4.69) is 71.7 Å². The Morgan fingerprint density at radius 1 is 0.914 bits per heavy atom. The van der Waals surface area contributed by atoms with E-state index in [1.54, 1.807) is 6.07 Å². The molecule has 0 spiro atoms. The number of aryl methyl sites for hydroxylation is 3. The van der Waals surface area contributed by atoms with Crippen LogP contribution in [0.3, 0.4) is 0 Å². The number of anilines is 1. The molecule has 2 aromatic carbocycles. The van der Waals surface area contributed by atoms with Crippen LogP contribution in [0, 0.1) is 27.7 Å². The van der Waals surface area contributed by atoms with Crippen LogP contribution in [0.15, 0.2) is 66.9 Å². The fourth-order valence-electron chi connectivity index (χ4n) is 5.16. The highest BCUT2D eigenvalue weighted by Crippen LogP contribution is 2.44. The van der Waals surface area contributed by atoms with Crippen molar-refractivity contribution in [2.75, 3.05) is 4.90 Å². The molecule has 0 saturated carbocycles. The molecule has 178 valence electrons. The molecule has 1 fully saturated rings. The second kappa shape index (κ2) is 9.30. The van der Waals surface area contributed by atoms with Gasteiger partial charge in [0.2, 0.25) is 0 Å². The average Bonchev–Trinajstić information content (AvgIpc) is 3.29. The minimum atomic E-state index is -0.112. The molecule has 3 heterocycles. The molecule has 0 unspecified atom stereocenters. The topological polar surface area (TPSA) is 33.1 Å². The minimum absolute atomic E-state index is 0.0929. The largest absolute Gasteiger partial charge is 0.351 e. The number of nitrogens with zero attached hydrogens (tertiary/aromatic N) is 3. The van der Waals surface area contributed by atoms with Gasteiger partial charge in [0.15, 0.2) is 5.11 Å². The second-order valence-corrected chi connectivity index (χ2v) is 10.3. The van der Waals surface area contributed by atoms with Crippen molar-refractivity contribution in [3.05, 3.63) is 111 Å². The van der Waals surface area contributed by atoms with Crippen LogP contribution >= 0.6 is 35.4 Å². The van der Waals surface area contributed by atoms with E-state index in [0.717, 1.165) is 34.0 Å². The number of halogens is 2. The molecule has 4 aromatic rings. The molecule has 1 N–H and O–H groups in total. The molecule has 5 rings (SSSR count). The Balaban J connectivity index is 1.71. The van der Waals surface area contributed by atoms with E-state index < -0.39 is 0 Å². The molecule has 0 radical (unpaired) electrons. The van der Waals surface area contributed by atoms with Crippen molar-refractivity contribution < 1.29 is 0 Å². The maximum absolute atomic E-state index is 6.63. The number of thiocarbonyl (C=S) groups is 1. The van der Waals surface area contributed by atoms with Gasteiger partial charge in [-0.05, 0) is 105 Å². The summed E-state index contributed by atoms with van der Waals surface area (Å²) in [5.74, 6) is 0. The SMILES string of the molecule is Cc1cc(C)cc(N2C(=S)N[C@@H](c3ccccn3)[C@H]2c2cc(C)n(-c3ccc(Cl)cc3Cl)c2C)c1. The van der Waals surface area contributed by atoms with E-state index in [4.69, 9.17) is 35.4 Å². The molecule has 1 aliphatic rings. The molecule has 7 heteroatoms. The Morgan fingerprint density at radius 2 is 1.66 bits per heavy atom. The first-order valence-electron chi connectivity index (χ1n) is 11.5. The highest BCUT2D eigenvalue weighted by molar-refractivity contribution is 7.80. The molecule has 35 heavy (non-hydrogen) atoms. The van der Waals surface area contributed by atoms with Crippen molar-refractivity contribution in [2.24, 2.45) is 0 Å². The summed E-state index contributed by atoms with van der Waals surface area (Å²) in [5, 5.41) is 5.47. The summed E-state index contributed by atoms with van der Waals surface area (Å²) >= 11 is 18.7. The van der Waals surface area contributed by atoms with Crippen LogP contribution in [-0.4, -0.2) is 14.7 Å². The maximum atomic E-state index is 6.63. The first-order valence-corrected chi connectivity index (χ1v) is 12.6. The lowest BCUT2D eigenvalue weighted by molar-refractivity contribution is 0.565. The Morgan fingerprint density at radius 3 is 2.31 bits per heavy atom. The quantitative estimate of drug-likeness (QED) is 0.281. The molecule has 4 nitrogen and oxygen atoms in total. The molecule has 1 saturated heterocycles. The number of pyridine rings is 1. The zero-order chi connectivity index (χ0) is 24.9. The number of aromatic nitrogens is 2. The van der Waals surface area contributed by atoms with Gasteiger partial charge >= 0.3 is 0 Å². The summed E-state index contributed by atoms with van der Waals surface area (Å²) in [6.07, 6.45) is 1.83. The van der Waals surface area contributed by atoms with Crippen molar-refractivity contribution in [1.29, 1.82) is 0 Å². The molecule has 0 bridgehead atoms. The average molecular weight is 522 g/mol. The van der Waals surface area contributed by atoms with Gasteiger partial charge in [0.1, 0.15) is 0 Å². The Kier molecular flexibility index (Phi) is 6.34. The highest BCUT2D eigenvalue weighted by Gasteiger charge is 2.42. The van der Waals surface area contributed by atoms with Crippen molar-refractivity contribution in [2.45, 2.75) is 39.8 Å². The Hall–Kier alpha value is -2.86. The number of hydrogen-bond acceptors (Lipinski definition) is 2. The van der Waals surface area contributed by atoms with Crippen LogP contribution in [0.5, 0.6) is 0 Å². The van der Waals surface area contributed by atoms with Crippen LogP contribution in [0.1, 0.15) is 45.9 Å². The van der Waals surface area contributed by atoms with Crippen LogP contribution in [0.25, 0.3) is 5.69 Å². The van der Waals surface area contributed by atoms with Crippen LogP contribution < -0.4 is 10.2 Å². The van der Waals surface area contributed by atoms with E-state index in [9.17, 15) is 0 Å². The third-order valence-electron chi connectivity index (χ3n) is 6.52. The first kappa shape index (κ1) is 23.9. The number of benzene rings is 2. The molecular formula is C28H26Cl2N4S. The number of nitrogens with one attached hydrogen (secondary N) is 1. The van der Waals surface area contributed by atoms with Gasteiger partial charge in [-0.25, -0.2) is 0 Å². The van der Waals surface area contributed by atoms with Crippen LogP contribution in [0.2, 0.25) is 10.0 Å². The summed E-state index contributed by atoms with van der Waals surface area (Å²) in [7, 11) is 0. The van der Waals surface area contributed by atoms with Gasteiger partial charge in [0.05, 0.1) is 28.5 Å². The normalized spacial score (nSPS) is 17.7. The lowest BCUT2D eigenvalue weighted by Gasteiger charge is -2.29. The third kappa shape index (κ3) is 4.33. The molecule has 1 aliphatic heterocycles. The monoisotopic (exact) mass is 520 g/mol. The number of hydrogen-bond donors (Lipinski definition) is 1. The van der Waals surface area contributed by atoms with E-state index in [-0.39, 0.29) is 12.1 Å². The second-order valence-electron chi connectivity index (χ2n) is 9.10. The van der Waals surface area contributed by atoms with Crippen molar-refractivity contribution in [1.82, 2.24) is 14.9 Å². The van der Waals surface area contributed by atoms with Gasteiger partial charge in [0.25, 0.3) is 0 Å². The summed E-state index contributed by atoms with van der Waals surface area (Å²) in [6.45, 7) is 8.45. The molecule has 0 amide bonds. The molecule has 2 aromatic heterocycles. The summed E-state index contributed by atoms with van der Waals surface area (Å²) in [4.78, 5) is 6.91. The lowest BCUT2D eigenvalue weighted by Crippen LogP contribution is -2.29. The zero-order valence-corrected chi connectivity index (χ0v) is 22.3. The molecular weight excluding hydrogens is 495 g/mol. The Bertz CT molecular complexity index is 1410. The predicted octanol–water partition coefficient (Wildman–Crippen LogP) is 7.59. The third-order valence-corrected chi connectivity index (χ3v) is 7.37. The van der Waals surface area contributed by atoms with Crippen LogP contribution in [0.4, 0.5) is 5.69 Å². The fourth-order valence-corrected chi connectivity index (χ4v) is 6.00. The first-order chi connectivity index (χ1) is 16.7. The zero-order valence-electron chi connectivity index (χ0n) is 20.0. The van der Waals surface area contributed by atoms with Gasteiger partial charge in [-0.2, -0.15) is 0 Å². The van der Waals surface area contributed by atoms with Gasteiger partial charge in [-0.1, -0.05) is 35.3 Å². The van der Waals surface area contributed by atoms with E-state index in [0.29, 0.717) is 15.2 Å². The minimum Gasteiger partial charge on any atom is -0.351 e.